The van der Waals surface area contributed by atoms with Gasteiger partial charge in [-0.3, -0.25) is 4.90 Å². The van der Waals surface area contributed by atoms with Crippen molar-refractivity contribution in [2.45, 2.75) is 77.8 Å². The molecule has 0 unspecified atom stereocenters. The predicted octanol–water partition coefficient (Wildman–Crippen LogP) is 3.83. The zero-order chi connectivity index (χ0) is 10.6. The zero-order valence-corrected chi connectivity index (χ0v) is 10.5. The van der Waals surface area contributed by atoms with Gasteiger partial charge >= 0.3 is 0 Å². The first-order chi connectivity index (χ1) is 6.55. The minimum absolute atomic E-state index is 0.351. The van der Waals surface area contributed by atoms with Crippen LogP contribution in [0.3, 0.4) is 0 Å². The standard InChI is InChI=1S/C13H27N/c1-5-14(13(2,3)4)12-10-8-6-7-9-11-12/h12H,5-11H2,1-4H3. The molecule has 0 amide bonds. The van der Waals surface area contributed by atoms with Crippen LogP contribution in [0, 0.1) is 0 Å². The van der Waals surface area contributed by atoms with Gasteiger partial charge in [-0.15, -0.1) is 0 Å². The van der Waals surface area contributed by atoms with Crippen LogP contribution in [0.25, 0.3) is 0 Å². The van der Waals surface area contributed by atoms with E-state index < -0.39 is 0 Å². The van der Waals surface area contributed by atoms with E-state index in [4.69, 9.17) is 0 Å². The van der Waals surface area contributed by atoms with Crippen molar-refractivity contribution in [3.05, 3.63) is 0 Å². The van der Waals surface area contributed by atoms with E-state index in [1.807, 2.05) is 0 Å². The van der Waals surface area contributed by atoms with Crippen molar-refractivity contribution in [3.63, 3.8) is 0 Å². The molecule has 0 aromatic carbocycles. The topological polar surface area (TPSA) is 3.24 Å². The molecule has 1 saturated carbocycles. The smallest absolute Gasteiger partial charge is 0.0127 e. The monoisotopic (exact) mass is 197 g/mol. The van der Waals surface area contributed by atoms with Crippen molar-refractivity contribution < 1.29 is 0 Å². The second kappa shape index (κ2) is 5.16. The van der Waals surface area contributed by atoms with E-state index in [0.29, 0.717) is 5.54 Å². The predicted molar refractivity (Wildman–Crippen MR) is 63.6 cm³/mol. The molecule has 14 heavy (non-hydrogen) atoms. The fourth-order valence-corrected chi connectivity index (χ4v) is 2.85. The van der Waals surface area contributed by atoms with Gasteiger partial charge in [0.15, 0.2) is 0 Å². The lowest BCUT2D eigenvalue weighted by molar-refractivity contribution is 0.0793. The van der Waals surface area contributed by atoms with Gasteiger partial charge in [0.1, 0.15) is 0 Å². The highest BCUT2D eigenvalue weighted by molar-refractivity contribution is 4.83. The maximum atomic E-state index is 2.69. The van der Waals surface area contributed by atoms with Crippen molar-refractivity contribution in [2.75, 3.05) is 6.54 Å². The fourth-order valence-electron chi connectivity index (χ4n) is 2.85. The Bertz CT molecular complexity index is 149. The molecule has 84 valence electrons. The minimum Gasteiger partial charge on any atom is -0.296 e. The Morgan fingerprint density at radius 1 is 1.00 bits per heavy atom. The average Bonchev–Trinajstić information content (AvgIpc) is 2.31. The molecule has 0 spiro atoms. The van der Waals surface area contributed by atoms with Crippen molar-refractivity contribution in [1.82, 2.24) is 4.90 Å². The maximum absolute atomic E-state index is 2.69. The normalized spacial score (nSPS) is 21.2. The molecule has 0 bridgehead atoms. The second-order valence-electron chi connectivity index (χ2n) is 5.60. The van der Waals surface area contributed by atoms with Crippen LogP contribution in [0.1, 0.15) is 66.2 Å². The number of hydrogen-bond donors (Lipinski definition) is 0. The van der Waals surface area contributed by atoms with Crippen LogP contribution >= 0.6 is 0 Å². The summed E-state index contributed by atoms with van der Waals surface area (Å²) in [4.78, 5) is 2.69. The Balaban J connectivity index is 2.58. The van der Waals surface area contributed by atoms with Gasteiger partial charge in [0.05, 0.1) is 0 Å². The molecule has 1 aliphatic rings. The summed E-state index contributed by atoms with van der Waals surface area (Å²) in [5.41, 5.74) is 0.351. The summed E-state index contributed by atoms with van der Waals surface area (Å²) in [5, 5.41) is 0. The van der Waals surface area contributed by atoms with Crippen LogP contribution in [0.2, 0.25) is 0 Å². The van der Waals surface area contributed by atoms with Gasteiger partial charge in [0.25, 0.3) is 0 Å². The van der Waals surface area contributed by atoms with E-state index in [-0.39, 0.29) is 0 Å². The first kappa shape index (κ1) is 12.0. The average molecular weight is 197 g/mol. The Morgan fingerprint density at radius 3 is 1.86 bits per heavy atom. The van der Waals surface area contributed by atoms with Crippen LogP contribution in [0.4, 0.5) is 0 Å². The summed E-state index contributed by atoms with van der Waals surface area (Å²) in [6.45, 7) is 10.6. The third kappa shape index (κ3) is 3.27. The van der Waals surface area contributed by atoms with Gasteiger partial charge in [-0.05, 0) is 40.2 Å². The molecule has 0 radical (unpaired) electrons. The number of rotatable bonds is 2. The van der Waals surface area contributed by atoms with Crippen LogP contribution in [-0.2, 0) is 0 Å². The maximum Gasteiger partial charge on any atom is 0.0127 e. The van der Waals surface area contributed by atoms with Crippen LogP contribution < -0.4 is 0 Å². The SMILES string of the molecule is CCN(C1CCCCCC1)C(C)(C)C. The van der Waals surface area contributed by atoms with Gasteiger partial charge in [-0.1, -0.05) is 32.6 Å². The molecule has 1 aliphatic carbocycles. The molecule has 1 heteroatoms. The first-order valence-electron chi connectivity index (χ1n) is 6.32. The quantitative estimate of drug-likeness (QED) is 0.608. The summed E-state index contributed by atoms with van der Waals surface area (Å²) >= 11 is 0. The first-order valence-corrected chi connectivity index (χ1v) is 6.32. The van der Waals surface area contributed by atoms with Gasteiger partial charge < -0.3 is 0 Å². The van der Waals surface area contributed by atoms with Crippen molar-refractivity contribution in [1.29, 1.82) is 0 Å². The molecular weight excluding hydrogens is 170 g/mol. The zero-order valence-electron chi connectivity index (χ0n) is 10.5. The minimum atomic E-state index is 0.351. The molecule has 0 saturated heterocycles. The van der Waals surface area contributed by atoms with Gasteiger partial charge in [-0.2, -0.15) is 0 Å². The Kier molecular flexibility index (Phi) is 4.43. The number of nitrogens with zero attached hydrogens (tertiary/aromatic N) is 1. The van der Waals surface area contributed by atoms with Crippen molar-refractivity contribution in [3.8, 4) is 0 Å². The summed E-state index contributed by atoms with van der Waals surface area (Å²) in [6, 6.07) is 0.850. The van der Waals surface area contributed by atoms with E-state index in [9.17, 15) is 0 Å². The lowest BCUT2D eigenvalue weighted by Gasteiger charge is -2.41. The second-order valence-corrected chi connectivity index (χ2v) is 5.60. The summed E-state index contributed by atoms with van der Waals surface area (Å²) in [7, 11) is 0. The summed E-state index contributed by atoms with van der Waals surface area (Å²) in [5.74, 6) is 0. The van der Waals surface area contributed by atoms with E-state index in [2.05, 4.69) is 32.6 Å². The van der Waals surface area contributed by atoms with Crippen LogP contribution in [0.15, 0.2) is 0 Å². The van der Waals surface area contributed by atoms with Gasteiger partial charge in [0.2, 0.25) is 0 Å². The van der Waals surface area contributed by atoms with Crippen LogP contribution in [0.5, 0.6) is 0 Å². The molecule has 0 aromatic heterocycles. The van der Waals surface area contributed by atoms with E-state index in [0.717, 1.165) is 6.04 Å². The van der Waals surface area contributed by atoms with Gasteiger partial charge in [-0.25, -0.2) is 0 Å². The van der Waals surface area contributed by atoms with E-state index in [1.54, 1.807) is 0 Å². The highest BCUT2D eigenvalue weighted by Gasteiger charge is 2.27. The largest absolute Gasteiger partial charge is 0.296 e. The Morgan fingerprint density at radius 2 is 1.50 bits per heavy atom. The van der Waals surface area contributed by atoms with Crippen molar-refractivity contribution >= 4 is 0 Å². The molecule has 1 rings (SSSR count). The van der Waals surface area contributed by atoms with E-state index in [1.165, 1.54) is 45.1 Å². The Labute approximate surface area is 89.9 Å². The molecule has 0 aromatic rings. The molecule has 1 fully saturated rings. The Hall–Kier alpha value is -0.0400. The molecule has 0 aliphatic heterocycles. The third-order valence-electron chi connectivity index (χ3n) is 3.47. The summed E-state index contributed by atoms with van der Waals surface area (Å²) in [6.07, 6.45) is 8.64. The van der Waals surface area contributed by atoms with E-state index >= 15 is 0 Å². The highest BCUT2D eigenvalue weighted by atomic mass is 15.2. The molecule has 1 nitrogen and oxygen atoms in total. The van der Waals surface area contributed by atoms with Crippen LogP contribution in [-0.4, -0.2) is 23.0 Å². The molecular formula is C13H27N. The highest BCUT2D eigenvalue weighted by Crippen LogP contribution is 2.26. The molecule has 0 atom stereocenters. The molecule has 0 N–H and O–H groups in total. The number of hydrogen-bond acceptors (Lipinski definition) is 1. The summed E-state index contributed by atoms with van der Waals surface area (Å²) < 4.78 is 0. The molecule has 0 heterocycles. The lowest BCUT2D eigenvalue weighted by atomic mass is 9.98. The van der Waals surface area contributed by atoms with Crippen molar-refractivity contribution in [2.24, 2.45) is 0 Å². The lowest BCUT2D eigenvalue weighted by Crippen LogP contribution is -2.47. The van der Waals surface area contributed by atoms with Gasteiger partial charge in [0, 0.05) is 11.6 Å². The fraction of sp³-hybridized carbons (Fsp3) is 1.00. The third-order valence-corrected chi connectivity index (χ3v) is 3.47.